The second-order valence-electron chi connectivity index (χ2n) is 7.77. The molecule has 0 aliphatic heterocycles. The summed E-state index contributed by atoms with van der Waals surface area (Å²) in [7, 11) is -2.11. The predicted octanol–water partition coefficient (Wildman–Crippen LogP) is 6.05. The fourth-order valence-electron chi connectivity index (χ4n) is 4.75. The molecule has 0 aromatic heterocycles. The molecule has 22 heavy (non-hydrogen) atoms. The molecule has 0 aromatic rings. The summed E-state index contributed by atoms with van der Waals surface area (Å²) in [6, 6.07) is 0. The second-order valence-corrected chi connectivity index (χ2v) is 11.4. The first-order valence-corrected chi connectivity index (χ1v) is 11.9. The summed E-state index contributed by atoms with van der Waals surface area (Å²) in [4.78, 5) is 0. The van der Waals surface area contributed by atoms with Gasteiger partial charge in [0.25, 0.3) is 0 Å². The Kier molecular flexibility index (Phi) is 7.42. The van der Waals surface area contributed by atoms with Gasteiger partial charge in [0.15, 0.2) is 0 Å². The van der Waals surface area contributed by atoms with Gasteiger partial charge in [0.2, 0.25) is 0 Å². The molecule has 0 N–H and O–H groups in total. The first-order valence-electron chi connectivity index (χ1n) is 9.93. The lowest BCUT2D eigenvalue weighted by atomic mass is 10.00. The Morgan fingerprint density at radius 3 is 1.86 bits per heavy atom. The van der Waals surface area contributed by atoms with E-state index < -0.39 is 8.56 Å². The number of hydrogen-bond acceptors (Lipinski definition) is 2. The summed E-state index contributed by atoms with van der Waals surface area (Å²) in [5.41, 5.74) is 1.47. The van der Waals surface area contributed by atoms with Gasteiger partial charge in [0.05, 0.1) is 0 Å². The van der Waals surface area contributed by atoms with Crippen LogP contribution in [0, 0.1) is 11.8 Å². The lowest BCUT2D eigenvalue weighted by Gasteiger charge is -2.45. The quantitative estimate of drug-likeness (QED) is 0.505. The summed E-state index contributed by atoms with van der Waals surface area (Å²) in [5.74, 6) is 1.62. The molecule has 3 heteroatoms. The van der Waals surface area contributed by atoms with E-state index in [2.05, 4.69) is 27.7 Å². The van der Waals surface area contributed by atoms with E-state index in [0.717, 1.165) is 49.0 Å². The van der Waals surface area contributed by atoms with Crippen molar-refractivity contribution in [1.29, 1.82) is 0 Å². The molecule has 2 saturated carbocycles. The van der Waals surface area contributed by atoms with E-state index in [9.17, 15) is 0 Å². The highest BCUT2D eigenvalue weighted by Crippen LogP contribution is 2.54. The molecule has 3 atom stereocenters. The normalized spacial score (nSPS) is 30.8. The van der Waals surface area contributed by atoms with E-state index in [1.807, 2.05) is 0 Å². The third-order valence-corrected chi connectivity index (χ3v) is 11.1. The van der Waals surface area contributed by atoms with Gasteiger partial charge in [-0.1, -0.05) is 53.4 Å². The van der Waals surface area contributed by atoms with Crippen LogP contribution in [-0.4, -0.2) is 21.8 Å². The largest absolute Gasteiger partial charge is 0.394 e. The lowest BCUT2D eigenvalue weighted by molar-refractivity contribution is 0.134. The molecule has 0 bridgehead atoms. The smallest absolute Gasteiger partial charge is 0.344 e. The van der Waals surface area contributed by atoms with Crippen LogP contribution in [0.1, 0.15) is 85.5 Å². The van der Waals surface area contributed by atoms with Gasteiger partial charge < -0.3 is 8.85 Å². The third kappa shape index (κ3) is 3.96. The third-order valence-electron chi connectivity index (χ3n) is 6.22. The minimum Gasteiger partial charge on any atom is -0.394 e. The van der Waals surface area contributed by atoms with Gasteiger partial charge in [0, 0.05) is 24.3 Å². The molecule has 0 amide bonds. The highest BCUT2D eigenvalue weighted by Gasteiger charge is 2.56. The molecule has 0 aromatic carbocycles. The molecule has 0 saturated heterocycles. The number of rotatable bonds is 8. The van der Waals surface area contributed by atoms with Gasteiger partial charge in [-0.25, -0.2) is 0 Å². The van der Waals surface area contributed by atoms with E-state index in [4.69, 9.17) is 8.85 Å². The highest BCUT2D eigenvalue weighted by atomic mass is 28.4. The van der Waals surface area contributed by atoms with Crippen LogP contribution in [0.4, 0.5) is 0 Å². The molecular weight excluding hydrogens is 288 g/mol. The Labute approximate surface area is 139 Å². The van der Waals surface area contributed by atoms with Gasteiger partial charge in [-0.2, -0.15) is 0 Å². The van der Waals surface area contributed by atoms with Crippen LogP contribution in [0.2, 0.25) is 11.1 Å². The van der Waals surface area contributed by atoms with Crippen molar-refractivity contribution in [3.63, 3.8) is 0 Å². The van der Waals surface area contributed by atoms with E-state index in [0.29, 0.717) is 0 Å². The first kappa shape index (κ1) is 18.5. The molecule has 2 nitrogen and oxygen atoms in total. The number of hydrogen-bond donors (Lipinski definition) is 0. The molecule has 2 fully saturated rings. The van der Waals surface area contributed by atoms with Crippen LogP contribution >= 0.6 is 0 Å². The van der Waals surface area contributed by atoms with Gasteiger partial charge >= 0.3 is 8.56 Å². The summed E-state index contributed by atoms with van der Waals surface area (Å²) in [6.07, 6.45) is 11.9. The lowest BCUT2D eigenvalue weighted by Crippen LogP contribution is -2.53. The Bertz CT molecular complexity index is 307. The van der Waals surface area contributed by atoms with E-state index in [-0.39, 0.29) is 0 Å². The minimum atomic E-state index is -2.11. The van der Waals surface area contributed by atoms with Crippen molar-refractivity contribution in [3.05, 3.63) is 0 Å². The van der Waals surface area contributed by atoms with Crippen LogP contribution < -0.4 is 0 Å². The molecule has 0 spiro atoms. The zero-order chi connectivity index (χ0) is 16.0. The molecule has 2 aliphatic rings. The van der Waals surface area contributed by atoms with E-state index in [1.165, 1.54) is 44.9 Å². The molecule has 130 valence electrons. The fraction of sp³-hybridized carbons (Fsp3) is 1.00. The van der Waals surface area contributed by atoms with Crippen molar-refractivity contribution in [3.8, 4) is 0 Å². The average Bonchev–Trinajstić information content (AvgIpc) is 2.89. The SMILES string of the molecule is CCCO[Si](OCCC)(C1CCCCC1)C1CCC(C)C1C. The Balaban J connectivity index is 2.25. The van der Waals surface area contributed by atoms with Crippen molar-refractivity contribution in [2.75, 3.05) is 13.2 Å². The van der Waals surface area contributed by atoms with Gasteiger partial charge in [-0.3, -0.25) is 0 Å². The standard InChI is InChI=1S/C19H38O2Si/c1-5-14-20-22(21-15-6-2,18-10-8-7-9-11-18)19-13-12-16(3)17(19)4/h16-19H,5-15H2,1-4H3. The average molecular weight is 327 g/mol. The topological polar surface area (TPSA) is 18.5 Å². The Morgan fingerprint density at radius 1 is 0.818 bits per heavy atom. The van der Waals surface area contributed by atoms with E-state index in [1.54, 1.807) is 0 Å². The summed E-state index contributed by atoms with van der Waals surface area (Å²) < 4.78 is 13.5. The van der Waals surface area contributed by atoms with Crippen LogP contribution in [0.3, 0.4) is 0 Å². The maximum Gasteiger partial charge on any atom is 0.344 e. The second kappa shape index (κ2) is 8.84. The molecular formula is C19H38O2Si. The van der Waals surface area contributed by atoms with Gasteiger partial charge in [0.1, 0.15) is 0 Å². The van der Waals surface area contributed by atoms with Crippen LogP contribution in [0.5, 0.6) is 0 Å². The molecule has 0 radical (unpaired) electrons. The minimum absolute atomic E-state index is 0.726. The zero-order valence-electron chi connectivity index (χ0n) is 15.4. The first-order chi connectivity index (χ1) is 10.7. The van der Waals surface area contributed by atoms with Crippen molar-refractivity contribution in [2.45, 2.75) is 96.6 Å². The van der Waals surface area contributed by atoms with Crippen molar-refractivity contribution >= 4 is 8.56 Å². The van der Waals surface area contributed by atoms with E-state index >= 15 is 0 Å². The monoisotopic (exact) mass is 326 g/mol. The zero-order valence-corrected chi connectivity index (χ0v) is 16.4. The van der Waals surface area contributed by atoms with Crippen molar-refractivity contribution < 1.29 is 8.85 Å². The van der Waals surface area contributed by atoms with Crippen LogP contribution in [0.25, 0.3) is 0 Å². The maximum atomic E-state index is 6.74. The van der Waals surface area contributed by atoms with Gasteiger partial charge in [-0.15, -0.1) is 0 Å². The summed E-state index contributed by atoms with van der Waals surface area (Å²) in [5, 5.41) is 0. The maximum absolute atomic E-state index is 6.74. The summed E-state index contributed by atoms with van der Waals surface area (Å²) in [6.45, 7) is 11.2. The molecule has 2 aliphatic carbocycles. The highest BCUT2D eigenvalue weighted by molar-refractivity contribution is 6.70. The molecule has 3 unspecified atom stereocenters. The van der Waals surface area contributed by atoms with Crippen LogP contribution in [-0.2, 0) is 8.85 Å². The van der Waals surface area contributed by atoms with Gasteiger partial charge in [-0.05, 0) is 43.9 Å². The summed E-state index contributed by atoms with van der Waals surface area (Å²) >= 11 is 0. The fourth-order valence-corrected chi connectivity index (χ4v) is 10.2. The molecule has 2 rings (SSSR count). The Morgan fingerprint density at radius 2 is 1.41 bits per heavy atom. The Hall–Kier alpha value is 0.137. The van der Waals surface area contributed by atoms with Crippen molar-refractivity contribution in [2.24, 2.45) is 11.8 Å². The molecule has 0 heterocycles. The van der Waals surface area contributed by atoms with Crippen molar-refractivity contribution in [1.82, 2.24) is 0 Å². The predicted molar refractivity (Wildman–Crippen MR) is 96.4 cm³/mol. The van der Waals surface area contributed by atoms with Crippen LogP contribution in [0.15, 0.2) is 0 Å².